The van der Waals surface area contributed by atoms with Gasteiger partial charge in [-0.05, 0) is 48.9 Å². The molecule has 18 heavy (non-hydrogen) atoms. The van der Waals surface area contributed by atoms with Crippen LogP contribution in [-0.2, 0) is 10.0 Å². The van der Waals surface area contributed by atoms with Crippen molar-refractivity contribution in [1.29, 1.82) is 0 Å². The number of sulfonamides is 1. The maximum absolute atomic E-state index is 12.1. The summed E-state index contributed by atoms with van der Waals surface area (Å²) in [6.07, 6.45) is 3.30. The van der Waals surface area contributed by atoms with E-state index in [-0.39, 0.29) is 5.41 Å². The minimum atomic E-state index is -3.37. The maximum Gasteiger partial charge on any atom is 0.240 e. The largest absolute Gasteiger partial charge is 0.388 e. The van der Waals surface area contributed by atoms with Gasteiger partial charge in [-0.1, -0.05) is 6.92 Å². The van der Waals surface area contributed by atoms with E-state index in [0.29, 0.717) is 11.4 Å². The molecule has 5 heteroatoms. The fraction of sp³-hybridized carbons (Fsp3) is 0.538. The zero-order chi connectivity index (χ0) is 13.2. The number of rotatable bonds is 6. The molecular weight excluding hydrogens is 248 g/mol. The third-order valence-electron chi connectivity index (χ3n) is 3.80. The highest BCUT2D eigenvalue weighted by atomic mass is 32.2. The van der Waals surface area contributed by atoms with Crippen molar-refractivity contribution in [1.82, 2.24) is 4.72 Å². The summed E-state index contributed by atoms with van der Waals surface area (Å²) in [6, 6.07) is 6.78. The van der Waals surface area contributed by atoms with Crippen molar-refractivity contribution in [2.24, 2.45) is 5.41 Å². The van der Waals surface area contributed by atoms with Crippen LogP contribution in [0.4, 0.5) is 5.69 Å². The lowest BCUT2D eigenvalue weighted by molar-refractivity contribution is 0.475. The molecule has 0 saturated heterocycles. The van der Waals surface area contributed by atoms with Crippen molar-refractivity contribution in [2.45, 2.75) is 31.1 Å². The van der Waals surface area contributed by atoms with Crippen LogP contribution in [0.3, 0.4) is 0 Å². The van der Waals surface area contributed by atoms with Crippen LogP contribution in [-0.4, -0.2) is 22.0 Å². The monoisotopic (exact) mass is 268 g/mol. The molecule has 2 N–H and O–H groups in total. The maximum atomic E-state index is 12.1. The second-order valence-electron chi connectivity index (χ2n) is 4.95. The molecule has 0 spiro atoms. The first-order valence-corrected chi connectivity index (χ1v) is 7.77. The summed E-state index contributed by atoms with van der Waals surface area (Å²) in [4.78, 5) is 0.327. The van der Waals surface area contributed by atoms with Gasteiger partial charge in [0.05, 0.1) is 4.90 Å². The van der Waals surface area contributed by atoms with Crippen LogP contribution in [0.5, 0.6) is 0 Å². The molecule has 0 unspecified atom stereocenters. The van der Waals surface area contributed by atoms with Gasteiger partial charge in [0.15, 0.2) is 0 Å². The van der Waals surface area contributed by atoms with Crippen LogP contribution in [0, 0.1) is 5.41 Å². The van der Waals surface area contributed by atoms with Gasteiger partial charge in [-0.3, -0.25) is 0 Å². The molecule has 1 saturated carbocycles. The molecule has 0 heterocycles. The Morgan fingerprint density at radius 1 is 1.22 bits per heavy atom. The lowest BCUT2D eigenvalue weighted by atomic mass is 10.1. The Hall–Kier alpha value is -1.07. The van der Waals surface area contributed by atoms with Gasteiger partial charge in [0, 0.05) is 19.3 Å². The van der Waals surface area contributed by atoms with Gasteiger partial charge in [-0.25, -0.2) is 13.1 Å². The number of hydrogen-bond acceptors (Lipinski definition) is 3. The molecule has 0 amide bonds. The predicted molar refractivity (Wildman–Crippen MR) is 73.1 cm³/mol. The van der Waals surface area contributed by atoms with Gasteiger partial charge in [0.2, 0.25) is 10.0 Å². The first kappa shape index (κ1) is 13.4. The number of benzene rings is 1. The highest BCUT2D eigenvalue weighted by Crippen LogP contribution is 2.48. The number of anilines is 1. The zero-order valence-corrected chi connectivity index (χ0v) is 11.7. The minimum Gasteiger partial charge on any atom is -0.388 e. The fourth-order valence-corrected chi connectivity index (χ4v) is 3.12. The molecule has 1 aromatic carbocycles. The summed E-state index contributed by atoms with van der Waals surface area (Å²) in [5.74, 6) is 0. The highest BCUT2D eigenvalue weighted by Gasteiger charge is 2.41. The van der Waals surface area contributed by atoms with Gasteiger partial charge >= 0.3 is 0 Å². The minimum absolute atomic E-state index is 0.220. The van der Waals surface area contributed by atoms with Crippen molar-refractivity contribution in [3.63, 3.8) is 0 Å². The molecule has 0 atom stereocenters. The van der Waals surface area contributed by atoms with Gasteiger partial charge in [0.25, 0.3) is 0 Å². The summed E-state index contributed by atoms with van der Waals surface area (Å²) in [5.41, 5.74) is 1.12. The van der Waals surface area contributed by atoms with Crippen molar-refractivity contribution < 1.29 is 8.42 Å². The standard InChI is InChI=1S/C13H20N2O2S/c1-3-13(8-9-13)10-15-18(16,17)12-6-4-11(14-2)5-7-12/h4-7,14-15H,3,8-10H2,1-2H3. The molecular formula is C13H20N2O2S. The molecule has 1 aromatic rings. The average Bonchev–Trinajstić information content (AvgIpc) is 3.17. The van der Waals surface area contributed by atoms with E-state index in [1.54, 1.807) is 31.3 Å². The van der Waals surface area contributed by atoms with Gasteiger partial charge in [0.1, 0.15) is 0 Å². The second-order valence-corrected chi connectivity index (χ2v) is 6.72. The van der Waals surface area contributed by atoms with E-state index in [0.717, 1.165) is 24.9 Å². The van der Waals surface area contributed by atoms with E-state index >= 15 is 0 Å². The van der Waals surface area contributed by atoms with E-state index in [9.17, 15) is 8.42 Å². The highest BCUT2D eigenvalue weighted by molar-refractivity contribution is 7.89. The molecule has 2 rings (SSSR count). The Morgan fingerprint density at radius 2 is 1.83 bits per heavy atom. The van der Waals surface area contributed by atoms with Crippen molar-refractivity contribution in [3.05, 3.63) is 24.3 Å². The third kappa shape index (κ3) is 2.84. The molecule has 4 nitrogen and oxygen atoms in total. The van der Waals surface area contributed by atoms with Crippen LogP contribution in [0.1, 0.15) is 26.2 Å². The van der Waals surface area contributed by atoms with Crippen molar-refractivity contribution in [3.8, 4) is 0 Å². The molecule has 0 radical (unpaired) electrons. The molecule has 100 valence electrons. The first-order valence-electron chi connectivity index (χ1n) is 6.29. The molecule has 0 bridgehead atoms. The van der Waals surface area contributed by atoms with E-state index in [1.165, 1.54) is 0 Å². The topological polar surface area (TPSA) is 58.2 Å². The number of hydrogen-bond donors (Lipinski definition) is 2. The van der Waals surface area contributed by atoms with E-state index < -0.39 is 10.0 Å². The normalized spacial score (nSPS) is 17.4. The summed E-state index contributed by atoms with van der Waals surface area (Å²) in [6.45, 7) is 2.67. The van der Waals surface area contributed by atoms with E-state index in [1.807, 2.05) is 0 Å². The second kappa shape index (κ2) is 4.90. The van der Waals surface area contributed by atoms with Gasteiger partial charge in [-0.2, -0.15) is 0 Å². The van der Waals surface area contributed by atoms with Crippen LogP contribution in [0.2, 0.25) is 0 Å². The van der Waals surface area contributed by atoms with Crippen LogP contribution < -0.4 is 10.0 Å². The quantitative estimate of drug-likeness (QED) is 0.831. The van der Waals surface area contributed by atoms with Gasteiger partial charge in [-0.15, -0.1) is 0 Å². The SMILES string of the molecule is CCC1(CNS(=O)(=O)c2ccc(NC)cc2)CC1. The van der Waals surface area contributed by atoms with Crippen LogP contribution >= 0.6 is 0 Å². The molecule has 0 aliphatic heterocycles. The molecule has 0 aromatic heterocycles. The first-order chi connectivity index (χ1) is 8.51. The zero-order valence-electron chi connectivity index (χ0n) is 10.9. The smallest absolute Gasteiger partial charge is 0.240 e. The Labute approximate surface area is 109 Å². The summed E-state index contributed by atoms with van der Waals surface area (Å²) in [7, 11) is -1.56. The van der Waals surface area contributed by atoms with E-state index in [2.05, 4.69) is 17.0 Å². The Morgan fingerprint density at radius 3 is 2.28 bits per heavy atom. The fourth-order valence-electron chi connectivity index (χ4n) is 1.96. The molecule has 1 aliphatic rings. The number of nitrogens with one attached hydrogen (secondary N) is 2. The van der Waals surface area contributed by atoms with E-state index in [4.69, 9.17) is 0 Å². The van der Waals surface area contributed by atoms with Gasteiger partial charge < -0.3 is 5.32 Å². The van der Waals surface area contributed by atoms with Crippen LogP contribution in [0.25, 0.3) is 0 Å². The third-order valence-corrected chi connectivity index (χ3v) is 5.21. The van der Waals surface area contributed by atoms with Crippen molar-refractivity contribution in [2.75, 3.05) is 18.9 Å². The Kier molecular flexibility index (Phi) is 3.64. The average molecular weight is 268 g/mol. The summed E-state index contributed by atoms with van der Waals surface area (Å²) >= 11 is 0. The Bertz CT molecular complexity index is 504. The molecule has 1 aliphatic carbocycles. The van der Waals surface area contributed by atoms with Crippen LogP contribution in [0.15, 0.2) is 29.2 Å². The molecule has 1 fully saturated rings. The van der Waals surface area contributed by atoms with Crippen molar-refractivity contribution >= 4 is 15.7 Å². The summed E-state index contributed by atoms with van der Waals surface area (Å²) < 4.78 is 26.9. The Balaban J connectivity index is 2.05. The lowest BCUT2D eigenvalue weighted by Crippen LogP contribution is -2.30. The lowest BCUT2D eigenvalue weighted by Gasteiger charge is -2.14. The predicted octanol–water partition coefficient (Wildman–Crippen LogP) is 2.20. The summed E-state index contributed by atoms with van der Waals surface area (Å²) in [5, 5.41) is 2.97.